The van der Waals surface area contributed by atoms with Crippen LogP contribution in [-0.4, -0.2) is 58.7 Å². The van der Waals surface area contributed by atoms with Crippen LogP contribution in [0.5, 0.6) is 5.75 Å². The van der Waals surface area contributed by atoms with Crippen LogP contribution in [0.25, 0.3) is 6.08 Å². The molecule has 1 aliphatic heterocycles. The molecule has 28 heavy (non-hydrogen) atoms. The summed E-state index contributed by atoms with van der Waals surface area (Å²) < 4.78 is 5.20. The predicted molar refractivity (Wildman–Crippen MR) is 108 cm³/mol. The third kappa shape index (κ3) is 5.53. The molecule has 0 spiro atoms. The van der Waals surface area contributed by atoms with Crippen molar-refractivity contribution in [2.75, 3.05) is 32.1 Å². The van der Waals surface area contributed by atoms with Crippen molar-refractivity contribution in [2.45, 2.75) is 25.8 Å². The number of aliphatic carboxylic acids is 1. The molecule has 7 nitrogen and oxygen atoms in total. The number of benzene rings is 1. The molecule has 1 saturated heterocycles. The number of hydrogen-bond donors (Lipinski definition) is 2. The van der Waals surface area contributed by atoms with Gasteiger partial charge in [-0.25, -0.2) is 9.78 Å². The molecule has 1 fully saturated rings. The monoisotopic (exact) mass is 382 g/mol. The first-order chi connectivity index (χ1) is 13.5. The maximum atomic E-state index is 10.9. The van der Waals surface area contributed by atoms with Crippen molar-refractivity contribution in [3.8, 4) is 5.75 Å². The number of ether oxygens (including phenoxy) is 1. The number of likely N-dealkylation sites (tertiary alicyclic amines) is 1. The first-order valence-electron chi connectivity index (χ1n) is 9.39. The standard InChI is InChI=1S/C21H26N4O3/c1-15(21(26)27)11-18-12-23-20(13-22-18)24-17-8-10-25(14-17)9-7-16-3-5-19(28-2)6-4-16/h3-6,11-13,17H,7-10,14H2,1-2H3,(H,23,24)(H,26,27)/t17-/m1/s1. The summed E-state index contributed by atoms with van der Waals surface area (Å²) in [6.45, 7) is 4.58. The molecule has 0 bridgehead atoms. The molecule has 148 valence electrons. The summed E-state index contributed by atoms with van der Waals surface area (Å²) in [6.07, 6.45) is 6.83. The number of rotatable bonds is 8. The van der Waals surface area contributed by atoms with Gasteiger partial charge in [0.15, 0.2) is 0 Å². The Morgan fingerprint density at radius 3 is 2.75 bits per heavy atom. The Bertz CT molecular complexity index is 819. The third-order valence-corrected chi connectivity index (χ3v) is 4.87. The lowest BCUT2D eigenvalue weighted by molar-refractivity contribution is -0.132. The van der Waals surface area contributed by atoms with Crippen molar-refractivity contribution in [1.29, 1.82) is 0 Å². The molecule has 7 heteroatoms. The van der Waals surface area contributed by atoms with Crippen molar-refractivity contribution in [3.05, 3.63) is 53.5 Å². The maximum absolute atomic E-state index is 10.9. The number of methoxy groups -OCH3 is 1. The van der Waals surface area contributed by atoms with Crippen LogP contribution in [0.4, 0.5) is 5.82 Å². The summed E-state index contributed by atoms with van der Waals surface area (Å²) >= 11 is 0. The fourth-order valence-electron chi connectivity index (χ4n) is 3.21. The highest BCUT2D eigenvalue weighted by Gasteiger charge is 2.22. The Morgan fingerprint density at radius 2 is 2.11 bits per heavy atom. The van der Waals surface area contributed by atoms with E-state index in [0.717, 1.165) is 38.2 Å². The SMILES string of the molecule is COc1ccc(CCN2CC[C@@H](Nc3cnc(C=C(C)C(=O)O)cn3)C2)cc1. The molecule has 0 unspecified atom stereocenters. The van der Waals surface area contributed by atoms with Gasteiger partial charge in [-0.3, -0.25) is 4.98 Å². The number of nitrogens with one attached hydrogen (secondary N) is 1. The second-order valence-corrected chi connectivity index (χ2v) is 6.99. The Hall–Kier alpha value is -2.93. The van der Waals surface area contributed by atoms with E-state index in [1.807, 2.05) is 12.1 Å². The first kappa shape index (κ1) is 19.8. The maximum Gasteiger partial charge on any atom is 0.331 e. The fraction of sp³-hybridized carbons (Fsp3) is 0.381. The Morgan fingerprint density at radius 1 is 1.32 bits per heavy atom. The van der Waals surface area contributed by atoms with Gasteiger partial charge in [0.05, 0.1) is 25.2 Å². The number of carboxylic acid groups (broad SMARTS) is 1. The average Bonchev–Trinajstić information content (AvgIpc) is 3.15. The zero-order chi connectivity index (χ0) is 19.9. The van der Waals surface area contributed by atoms with Gasteiger partial charge in [0, 0.05) is 31.2 Å². The van der Waals surface area contributed by atoms with Crippen LogP contribution in [-0.2, 0) is 11.2 Å². The molecule has 2 heterocycles. The lowest BCUT2D eigenvalue weighted by atomic mass is 10.1. The molecule has 1 aromatic carbocycles. The number of nitrogens with zero attached hydrogens (tertiary/aromatic N) is 3. The van der Waals surface area contributed by atoms with Crippen molar-refractivity contribution in [2.24, 2.45) is 0 Å². The topological polar surface area (TPSA) is 87.6 Å². The number of anilines is 1. The Labute approximate surface area is 165 Å². The smallest absolute Gasteiger partial charge is 0.331 e. The van der Waals surface area contributed by atoms with E-state index in [-0.39, 0.29) is 5.57 Å². The van der Waals surface area contributed by atoms with Crippen molar-refractivity contribution < 1.29 is 14.6 Å². The first-order valence-corrected chi connectivity index (χ1v) is 9.39. The minimum absolute atomic E-state index is 0.235. The predicted octanol–water partition coefficient (Wildman–Crippen LogP) is 2.70. The van der Waals surface area contributed by atoms with Crippen LogP contribution >= 0.6 is 0 Å². The van der Waals surface area contributed by atoms with Gasteiger partial charge >= 0.3 is 5.97 Å². The van der Waals surface area contributed by atoms with Crippen molar-refractivity contribution in [3.63, 3.8) is 0 Å². The van der Waals surface area contributed by atoms with E-state index in [0.29, 0.717) is 17.6 Å². The molecule has 1 atom stereocenters. The van der Waals surface area contributed by atoms with E-state index in [1.165, 1.54) is 18.6 Å². The van der Waals surface area contributed by atoms with E-state index in [2.05, 4.69) is 32.3 Å². The highest BCUT2D eigenvalue weighted by atomic mass is 16.5. The molecule has 2 N–H and O–H groups in total. The van der Waals surface area contributed by atoms with Gasteiger partial charge < -0.3 is 20.1 Å². The summed E-state index contributed by atoms with van der Waals surface area (Å²) in [6, 6.07) is 8.57. The van der Waals surface area contributed by atoms with Gasteiger partial charge in [-0.1, -0.05) is 12.1 Å². The van der Waals surface area contributed by atoms with Crippen LogP contribution in [0.3, 0.4) is 0 Å². The highest BCUT2D eigenvalue weighted by molar-refractivity contribution is 5.91. The van der Waals surface area contributed by atoms with Crippen LogP contribution < -0.4 is 10.1 Å². The Balaban J connectivity index is 1.46. The molecular formula is C21H26N4O3. The van der Waals surface area contributed by atoms with Gasteiger partial charge in [-0.2, -0.15) is 0 Å². The largest absolute Gasteiger partial charge is 0.497 e. The fourth-order valence-corrected chi connectivity index (χ4v) is 3.21. The van der Waals surface area contributed by atoms with Gasteiger partial charge in [0.2, 0.25) is 0 Å². The third-order valence-electron chi connectivity index (χ3n) is 4.87. The zero-order valence-electron chi connectivity index (χ0n) is 16.3. The van der Waals surface area contributed by atoms with E-state index in [4.69, 9.17) is 9.84 Å². The van der Waals surface area contributed by atoms with Crippen LogP contribution in [0.2, 0.25) is 0 Å². The van der Waals surface area contributed by atoms with E-state index < -0.39 is 5.97 Å². The van der Waals surface area contributed by atoms with Crippen LogP contribution in [0.15, 0.2) is 42.2 Å². The van der Waals surface area contributed by atoms with Crippen molar-refractivity contribution in [1.82, 2.24) is 14.9 Å². The van der Waals surface area contributed by atoms with E-state index in [9.17, 15) is 4.79 Å². The average molecular weight is 382 g/mol. The summed E-state index contributed by atoms with van der Waals surface area (Å²) in [5, 5.41) is 12.3. The zero-order valence-corrected chi connectivity index (χ0v) is 16.3. The normalized spacial score (nSPS) is 17.5. The number of aromatic nitrogens is 2. The summed E-state index contributed by atoms with van der Waals surface area (Å²) in [5.41, 5.74) is 2.08. The molecule has 1 aliphatic rings. The minimum atomic E-state index is -0.954. The second kappa shape index (κ2) is 9.32. The van der Waals surface area contributed by atoms with Gasteiger partial charge in [0.1, 0.15) is 11.6 Å². The molecule has 2 aromatic rings. The summed E-state index contributed by atoms with van der Waals surface area (Å²) in [5.74, 6) is 0.645. The van der Waals surface area contributed by atoms with Gasteiger partial charge in [-0.05, 0) is 43.5 Å². The lowest BCUT2D eigenvalue weighted by Gasteiger charge is -2.17. The molecular weight excluding hydrogens is 356 g/mol. The van der Waals surface area contributed by atoms with Crippen LogP contribution in [0, 0.1) is 0 Å². The van der Waals surface area contributed by atoms with Gasteiger partial charge in [0.25, 0.3) is 0 Å². The quantitative estimate of drug-likeness (QED) is 0.679. The van der Waals surface area contributed by atoms with E-state index in [1.54, 1.807) is 19.5 Å². The minimum Gasteiger partial charge on any atom is -0.497 e. The lowest BCUT2D eigenvalue weighted by Crippen LogP contribution is -2.28. The molecule has 0 saturated carbocycles. The molecule has 3 rings (SSSR count). The van der Waals surface area contributed by atoms with Crippen molar-refractivity contribution >= 4 is 17.9 Å². The molecule has 0 aliphatic carbocycles. The Kier molecular flexibility index (Phi) is 6.60. The molecule has 1 aromatic heterocycles. The molecule has 0 radical (unpaired) electrons. The van der Waals surface area contributed by atoms with Gasteiger partial charge in [-0.15, -0.1) is 0 Å². The van der Waals surface area contributed by atoms with Crippen LogP contribution in [0.1, 0.15) is 24.6 Å². The summed E-state index contributed by atoms with van der Waals surface area (Å²) in [4.78, 5) is 21.9. The van der Waals surface area contributed by atoms with E-state index >= 15 is 0 Å². The molecule has 0 amide bonds. The number of hydrogen-bond acceptors (Lipinski definition) is 6. The number of carbonyl (C=O) groups is 1. The second-order valence-electron chi connectivity index (χ2n) is 6.99. The highest BCUT2D eigenvalue weighted by Crippen LogP contribution is 2.16. The summed E-state index contributed by atoms with van der Waals surface area (Å²) in [7, 11) is 1.68. The number of carboxylic acids is 1.